The zero-order valence-electron chi connectivity index (χ0n) is 24.9. The highest BCUT2D eigenvalue weighted by molar-refractivity contribution is 7.88. The van der Waals surface area contributed by atoms with E-state index in [1.807, 2.05) is 72.8 Å². The van der Waals surface area contributed by atoms with Crippen LogP contribution in [0, 0.1) is 0 Å². The molecule has 1 atom stereocenters. The van der Waals surface area contributed by atoms with Gasteiger partial charge in [0.05, 0.1) is 19.9 Å². The molecule has 0 heterocycles. The number of rotatable bonds is 14. The van der Waals surface area contributed by atoms with Crippen LogP contribution in [0.2, 0.25) is 0 Å². The van der Waals surface area contributed by atoms with E-state index in [4.69, 9.17) is 4.74 Å². The van der Waals surface area contributed by atoms with Crippen molar-refractivity contribution in [1.82, 2.24) is 14.5 Å². The van der Waals surface area contributed by atoms with Crippen molar-refractivity contribution >= 4 is 21.8 Å². The molecule has 228 valence electrons. The normalized spacial score (nSPS) is 14.1. The third kappa shape index (κ3) is 9.53. The molecule has 4 rings (SSSR count). The summed E-state index contributed by atoms with van der Waals surface area (Å²) in [5, 5.41) is 3.07. The Morgan fingerprint density at radius 3 is 2.14 bits per heavy atom. The number of methoxy groups -OCH3 is 1. The minimum atomic E-state index is -3.75. The Hall–Kier alpha value is -3.95. The third-order valence-electron chi connectivity index (χ3n) is 7.62. The Bertz CT molecular complexity index is 1480. The predicted molar refractivity (Wildman–Crippen MR) is 169 cm³/mol. The molecule has 9 heteroatoms. The van der Waals surface area contributed by atoms with Gasteiger partial charge in [0.25, 0.3) is 0 Å². The lowest BCUT2D eigenvalue weighted by molar-refractivity contribution is -0.141. The summed E-state index contributed by atoms with van der Waals surface area (Å²) in [6, 6.07) is 24.6. The number of amides is 2. The first-order chi connectivity index (χ1) is 20.7. The van der Waals surface area contributed by atoms with E-state index < -0.39 is 28.5 Å². The fourth-order valence-corrected chi connectivity index (χ4v) is 5.98. The summed E-state index contributed by atoms with van der Waals surface area (Å²) in [6.45, 7) is 0.193. The number of sulfonamides is 1. The number of hydrogen-bond acceptors (Lipinski definition) is 5. The third-order valence-corrected chi connectivity index (χ3v) is 8.82. The van der Waals surface area contributed by atoms with E-state index in [0.717, 1.165) is 47.4 Å². The van der Waals surface area contributed by atoms with E-state index in [1.54, 1.807) is 19.2 Å². The molecule has 43 heavy (non-hydrogen) atoms. The van der Waals surface area contributed by atoms with Gasteiger partial charge in [0.2, 0.25) is 21.8 Å². The molecular formula is C34H41N3O5S. The molecule has 0 radical (unpaired) electrons. The van der Waals surface area contributed by atoms with Crippen molar-refractivity contribution in [1.29, 1.82) is 0 Å². The first-order valence-electron chi connectivity index (χ1n) is 14.7. The number of nitrogens with one attached hydrogen (secondary N) is 1. The van der Waals surface area contributed by atoms with Gasteiger partial charge in [0.1, 0.15) is 11.8 Å². The summed E-state index contributed by atoms with van der Waals surface area (Å²) < 4.78 is 32.1. The van der Waals surface area contributed by atoms with Gasteiger partial charge in [0, 0.05) is 19.6 Å². The molecule has 0 fully saturated rings. The van der Waals surface area contributed by atoms with E-state index in [1.165, 1.54) is 16.9 Å². The van der Waals surface area contributed by atoms with Gasteiger partial charge < -0.3 is 15.0 Å². The number of ether oxygens (including phenoxy) is 1. The van der Waals surface area contributed by atoms with Crippen LogP contribution in [0.15, 0.2) is 96.6 Å². The van der Waals surface area contributed by atoms with Crippen molar-refractivity contribution < 1.29 is 22.7 Å². The highest BCUT2D eigenvalue weighted by atomic mass is 32.2. The van der Waals surface area contributed by atoms with Crippen LogP contribution in [0.5, 0.6) is 5.75 Å². The molecule has 8 nitrogen and oxygen atoms in total. The summed E-state index contributed by atoms with van der Waals surface area (Å²) in [5.74, 6) is -0.114. The zero-order chi connectivity index (χ0) is 30.7. The summed E-state index contributed by atoms with van der Waals surface area (Å²) in [7, 11) is -2.17. The van der Waals surface area contributed by atoms with E-state index in [2.05, 4.69) is 11.4 Å². The maximum absolute atomic E-state index is 14.2. The largest absolute Gasteiger partial charge is 0.497 e. The lowest BCUT2D eigenvalue weighted by atomic mass is 9.97. The smallest absolute Gasteiger partial charge is 0.247 e. The van der Waals surface area contributed by atoms with Crippen LogP contribution in [0.4, 0.5) is 0 Å². The number of nitrogens with zero attached hydrogens (tertiary/aromatic N) is 2. The second kappa shape index (κ2) is 15.5. The number of carbonyl (C=O) groups excluding carboxylic acids is 2. The maximum atomic E-state index is 14.2. The van der Waals surface area contributed by atoms with E-state index in [-0.39, 0.29) is 19.0 Å². The van der Waals surface area contributed by atoms with Gasteiger partial charge >= 0.3 is 0 Å². The molecule has 1 aliphatic rings. The summed E-state index contributed by atoms with van der Waals surface area (Å²) in [5.41, 5.74) is 3.53. The lowest BCUT2D eigenvalue weighted by Crippen LogP contribution is -2.47. The van der Waals surface area contributed by atoms with Crippen molar-refractivity contribution in [2.24, 2.45) is 0 Å². The summed E-state index contributed by atoms with van der Waals surface area (Å²) >= 11 is 0. The molecule has 0 spiro atoms. The van der Waals surface area contributed by atoms with Crippen molar-refractivity contribution in [2.75, 3.05) is 26.5 Å². The molecule has 0 aromatic heterocycles. The molecule has 0 bridgehead atoms. The Morgan fingerprint density at radius 2 is 1.53 bits per heavy atom. The van der Waals surface area contributed by atoms with Gasteiger partial charge in [-0.1, -0.05) is 84.4 Å². The van der Waals surface area contributed by atoms with E-state index in [0.29, 0.717) is 17.9 Å². The second-order valence-corrected chi connectivity index (χ2v) is 12.8. The molecule has 0 aliphatic heterocycles. The fourth-order valence-electron chi connectivity index (χ4n) is 5.25. The maximum Gasteiger partial charge on any atom is 0.247 e. The monoisotopic (exact) mass is 603 g/mol. The van der Waals surface area contributed by atoms with Crippen molar-refractivity contribution in [3.63, 3.8) is 0 Å². The van der Waals surface area contributed by atoms with Crippen molar-refractivity contribution in [2.45, 2.75) is 51.2 Å². The Balaban J connectivity index is 1.65. The first kappa shape index (κ1) is 32.0. The lowest BCUT2D eigenvalue weighted by Gasteiger charge is -2.33. The van der Waals surface area contributed by atoms with Crippen molar-refractivity contribution in [3.8, 4) is 5.75 Å². The number of allylic oxidation sites excluding steroid dienone is 1. The highest BCUT2D eigenvalue weighted by Gasteiger charge is 2.33. The van der Waals surface area contributed by atoms with Crippen LogP contribution in [-0.2, 0) is 32.7 Å². The first-order valence-corrected chi connectivity index (χ1v) is 16.5. The van der Waals surface area contributed by atoms with Crippen LogP contribution in [-0.4, -0.2) is 55.9 Å². The van der Waals surface area contributed by atoms with Crippen LogP contribution in [0.25, 0.3) is 0 Å². The number of carbonyl (C=O) groups is 2. The Labute approximate surface area is 255 Å². The SMILES string of the molecule is COc1ccc(CN(C(=O)CN(Cc2ccccc2)S(C)(=O)=O)[C@H](C(=O)NCCC2=CCCCC2)c2ccccc2)cc1. The van der Waals surface area contributed by atoms with Gasteiger partial charge in [-0.15, -0.1) is 0 Å². The second-order valence-electron chi connectivity index (χ2n) is 10.8. The fraction of sp³-hybridized carbons (Fsp3) is 0.353. The molecule has 1 N–H and O–H groups in total. The minimum absolute atomic E-state index is 0.0408. The predicted octanol–water partition coefficient (Wildman–Crippen LogP) is 5.23. The average Bonchev–Trinajstić information content (AvgIpc) is 3.02. The molecule has 3 aromatic rings. The van der Waals surface area contributed by atoms with E-state index in [9.17, 15) is 18.0 Å². The molecule has 0 unspecified atom stereocenters. The Kier molecular flexibility index (Phi) is 11.5. The summed E-state index contributed by atoms with van der Waals surface area (Å²) in [4.78, 5) is 29.6. The summed E-state index contributed by atoms with van der Waals surface area (Å²) in [6.07, 6.45) is 8.59. The topological polar surface area (TPSA) is 96.0 Å². The van der Waals surface area contributed by atoms with Gasteiger partial charge in [-0.05, 0) is 60.9 Å². The average molecular weight is 604 g/mol. The molecule has 0 saturated carbocycles. The minimum Gasteiger partial charge on any atom is -0.497 e. The number of benzene rings is 3. The quantitative estimate of drug-likeness (QED) is 0.255. The van der Waals surface area contributed by atoms with E-state index >= 15 is 0 Å². The highest BCUT2D eigenvalue weighted by Crippen LogP contribution is 2.26. The van der Waals surface area contributed by atoms with Crippen LogP contribution in [0.3, 0.4) is 0 Å². The molecule has 2 amide bonds. The number of hydrogen-bond donors (Lipinski definition) is 1. The standard InChI is InChI=1S/C34H41N3O5S/c1-42-31-20-18-29(19-21-31)25-37(32(38)26-36(43(2,40)41)24-28-14-8-4-9-15-28)33(30-16-10-5-11-17-30)34(39)35-23-22-27-12-6-3-7-13-27/h4-5,8-12,14-21,33H,3,6-7,13,22-26H2,1-2H3,(H,35,39)/t33-/m0/s1. The van der Waals surface area contributed by atoms with Crippen LogP contribution < -0.4 is 10.1 Å². The molecule has 0 saturated heterocycles. The Morgan fingerprint density at radius 1 is 0.884 bits per heavy atom. The van der Waals surface area contributed by atoms with Crippen LogP contribution >= 0.6 is 0 Å². The van der Waals surface area contributed by atoms with Gasteiger partial charge in [-0.25, -0.2) is 8.42 Å². The molecular weight excluding hydrogens is 562 g/mol. The zero-order valence-corrected chi connectivity index (χ0v) is 25.8. The van der Waals surface area contributed by atoms with Crippen LogP contribution in [0.1, 0.15) is 54.8 Å². The molecule has 1 aliphatic carbocycles. The van der Waals surface area contributed by atoms with Gasteiger partial charge in [0.15, 0.2) is 0 Å². The van der Waals surface area contributed by atoms with Gasteiger partial charge in [-0.3, -0.25) is 9.59 Å². The van der Waals surface area contributed by atoms with Gasteiger partial charge in [-0.2, -0.15) is 4.31 Å². The van der Waals surface area contributed by atoms with Crippen molar-refractivity contribution in [3.05, 3.63) is 113 Å². The molecule has 3 aromatic carbocycles.